The molecule has 0 saturated heterocycles. The van der Waals surface area contributed by atoms with E-state index in [1.165, 1.54) is 6.20 Å². The topological polar surface area (TPSA) is 84.2 Å². The molecule has 7 heteroatoms. The number of anilines is 1. The molecule has 0 aliphatic carbocycles. The van der Waals surface area contributed by atoms with E-state index < -0.39 is 16.6 Å². The Morgan fingerprint density at radius 1 is 1.22 bits per heavy atom. The molecule has 6 nitrogen and oxygen atoms in total. The standard InChI is InChI=1S/C16H17N3O3S/c1-19-15-5-3-2-4-12(15)9-16(19)13-8-14(11-17-10-13)18-23(21,22)7-6-20/h2-5,8-11,18,20H,6-7H2,1H3. The maximum absolute atomic E-state index is 11.8. The zero-order valence-electron chi connectivity index (χ0n) is 12.6. The number of aryl methyl sites for hydroxylation is 1. The van der Waals surface area contributed by atoms with Gasteiger partial charge in [-0.25, -0.2) is 8.42 Å². The van der Waals surface area contributed by atoms with Gasteiger partial charge in [0.1, 0.15) is 0 Å². The zero-order chi connectivity index (χ0) is 16.4. The van der Waals surface area contributed by atoms with Crippen molar-refractivity contribution in [2.24, 2.45) is 7.05 Å². The van der Waals surface area contributed by atoms with E-state index in [1.807, 2.05) is 41.9 Å². The van der Waals surface area contributed by atoms with Crippen LogP contribution in [-0.4, -0.2) is 35.4 Å². The monoisotopic (exact) mass is 331 g/mol. The van der Waals surface area contributed by atoms with Gasteiger partial charge in [0, 0.05) is 29.7 Å². The van der Waals surface area contributed by atoms with Crippen molar-refractivity contribution in [1.29, 1.82) is 0 Å². The van der Waals surface area contributed by atoms with Gasteiger partial charge < -0.3 is 9.67 Å². The van der Waals surface area contributed by atoms with E-state index in [2.05, 4.69) is 9.71 Å². The van der Waals surface area contributed by atoms with E-state index in [9.17, 15) is 8.42 Å². The SMILES string of the molecule is Cn1c(-c2cncc(NS(=O)(=O)CCO)c2)cc2ccccc21. The number of benzene rings is 1. The average Bonchev–Trinajstić information content (AvgIpc) is 2.85. The summed E-state index contributed by atoms with van der Waals surface area (Å²) in [4.78, 5) is 4.11. The third-order valence-corrected chi connectivity index (χ3v) is 4.89. The largest absolute Gasteiger partial charge is 0.395 e. The Morgan fingerprint density at radius 2 is 2.00 bits per heavy atom. The Labute approximate surface area is 134 Å². The highest BCUT2D eigenvalue weighted by Crippen LogP contribution is 2.28. The Bertz CT molecular complexity index is 948. The second-order valence-electron chi connectivity index (χ2n) is 5.25. The molecular weight excluding hydrogens is 314 g/mol. The second-order valence-corrected chi connectivity index (χ2v) is 7.10. The quantitative estimate of drug-likeness (QED) is 0.749. The van der Waals surface area contributed by atoms with Gasteiger partial charge >= 0.3 is 0 Å². The van der Waals surface area contributed by atoms with E-state index >= 15 is 0 Å². The number of hydrogen-bond acceptors (Lipinski definition) is 4. The van der Waals surface area contributed by atoms with Crippen LogP contribution in [0.5, 0.6) is 0 Å². The van der Waals surface area contributed by atoms with Crippen LogP contribution in [0.1, 0.15) is 0 Å². The highest BCUT2D eigenvalue weighted by atomic mass is 32.2. The summed E-state index contributed by atoms with van der Waals surface area (Å²) < 4.78 is 28.0. The van der Waals surface area contributed by atoms with Crippen LogP contribution in [0.2, 0.25) is 0 Å². The van der Waals surface area contributed by atoms with Gasteiger partial charge in [0.15, 0.2) is 0 Å². The molecule has 0 fully saturated rings. The molecule has 3 rings (SSSR count). The van der Waals surface area contributed by atoms with Crippen molar-refractivity contribution >= 4 is 26.6 Å². The first-order valence-corrected chi connectivity index (χ1v) is 8.76. The third kappa shape index (κ3) is 3.20. The van der Waals surface area contributed by atoms with Crippen LogP contribution in [0.4, 0.5) is 5.69 Å². The Kier molecular flexibility index (Phi) is 4.06. The normalized spacial score (nSPS) is 11.7. The summed E-state index contributed by atoms with van der Waals surface area (Å²) in [5.41, 5.74) is 3.23. The Balaban J connectivity index is 2.00. The minimum atomic E-state index is -3.57. The molecule has 120 valence electrons. The first-order chi connectivity index (χ1) is 11.0. The Morgan fingerprint density at radius 3 is 2.74 bits per heavy atom. The number of aliphatic hydroxyl groups excluding tert-OH is 1. The minimum absolute atomic E-state index is 0.342. The molecule has 0 amide bonds. The molecule has 0 bridgehead atoms. The first-order valence-electron chi connectivity index (χ1n) is 7.11. The second kappa shape index (κ2) is 6.02. The fourth-order valence-corrected chi connectivity index (χ4v) is 3.37. The van der Waals surface area contributed by atoms with Crippen LogP contribution in [0.3, 0.4) is 0 Å². The van der Waals surface area contributed by atoms with Gasteiger partial charge in [0.2, 0.25) is 10.0 Å². The van der Waals surface area contributed by atoms with Gasteiger partial charge in [-0.1, -0.05) is 18.2 Å². The fourth-order valence-electron chi connectivity index (χ4n) is 2.55. The molecule has 2 heterocycles. The zero-order valence-corrected chi connectivity index (χ0v) is 13.4. The van der Waals surface area contributed by atoms with E-state index in [4.69, 9.17) is 5.11 Å². The van der Waals surface area contributed by atoms with Crippen LogP contribution in [0.25, 0.3) is 22.2 Å². The molecule has 0 saturated carbocycles. The predicted molar refractivity (Wildman–Crippen MR) is 90.6 cm³/mol. The molecule has 23 heavy (non-hydrogen) atoms. The van der Waals surface area contributed by atoms with Crippen molar-refractivity contribution in [2.45, 2.75) is 0 Å². The molecule has 2 N–H and O–H groups in total. The number of sulfonamides is 1. The molecule has 0 aliphatic rings. The summed E-state index contributed by atoms with van der Waals surface area (Å²) in [7, 11) is -1.61. The van der Waals surface area contributed by atoms with Gasteiger partial charge in [-0.15, -0.1) is 0 Å². The number of pyridine rings is 1. The predicted octanol–water partition coefficient (Wildman–Crippen LogP) is 1.97. The number of aromatic nitrogens is 2. The molecule has 0 unspecified atom stereocenters. The molecule has 0 radical (unpaired) electrons. The van der Waals surface area contributed by atoms with Crippen molar-refractivity contribution < 1.29 is 13.5 Å². The molecular formula is C16H17N3O3S. The highest BCUT2D eigenvalue weighted by molar-refractivity contribution is 7.92. The number of aliphatic hydroxyl groups is 1. The summed E-state index contributed by atoms with van der Waals surface area (Å²) in [5, 5.41) is 9.90. The molecule has 0 atom stereocenters. The third-order valence-electron chi connectivity index (χ3n) is 3.62. The van der Waals surface area contributed by atoms with Crippen LogP contribution in [-0.2, 0) is 17.1 Å². The average molecular weight is 331 g/mol. The number of para-hydroxylation sites is 1. The summed E-state index contributed by atoms with van der Waals surface area (Å²) in [6.45, 7) is -0.425. The highest BCUT2D eigenvalue weighted by Gasteiger charge is 2.12. The van der Waals surface area contributed by atoms with Crippen LogP contribution in [0.15, 0.2) is 48.8 Å². The van der Waals surface area contributed by atoms with Crippen LogP contribution >= 0.6 is 0 Å². The van der Waals surface area contributed by atoms with Gasteiger partial charge in [-0.3, -0.25) is 9.71 Å². The molecule has 2 aromatic heterocycles. The lowest BCUT2D eigenvalue weighted by Crippen LogP contribution is -2.19. The maximum Gasteiger partial charge on any atom is 0.235 e. The number of hydrogen-bond donors (Lipinski definition) is 2. The van der Waals surface area contributed by atoms with Crippen molar-refractivity contribution in [3.8, 4) is 11.3 Å². The summed E-state index contributed by atoms with van der Waals surface area (Å²) >= 11 is 0. The minimum Gasteiger partial charge on any atom is -0.395 e. The molecule has 0 aliphatic heterocycles. The number of nitrogens with zero attached hydrogens (tertiary/aromatic N) is 2. The molecule has 3 aromatic rings. The smallest absolute Gasteiger partial charge is 0.235 e. The van der Waals surface area contributed by atoms with E-state index in [-0.39, 0.29) is 5.75 Å². The number of fused-ring (bicyclic) bond motifs is 1. The molecule has 1 aromatic carbocycles. The van der Waals surface area contributed by atoms with Crippen molar-refractivity contribution in [2.75, 3.05) is 17.1 Å². The van der Waals surface area contributed by atoms with Gasteiger partial charge in [-0.05, 0) is 18.2 Å². The van der Waals surface area contributed by atoms with Crippen molar-refractivity contribution in [1.82, 2.24) is 9.55 Å². The number of rotatable bonds is 5. The molecule has 0 spiro atoms. The lowest BCUT2D eigenvalue weighted by molar-refractivity contribution is 0.320. The Hall–Kier alpha value is -2.38. The van der Waals surface area contributed by atoms with Crippen LogP contribution < -0.4 is 4.72 Å². The summed E-state index contributed by atoms with van der Waals surface area (Å²) in [6, 6.07) is 11.8. The van der Waals surface area contributed by atoms with Gasteiger partial charge in [-0.2, -0.15) is 0 Å². The summed E-state index contributed by atoms with van der Waals surface area (Å²) in [5.74, 6) is -0.342. The van der Waals surface area contributed by atoms with E-state index in [0.717, 1.165) is 22.2 Å². The first kappa shape index (κ1) is 15.5. The number of nitrogens with one attached hydrogen (secondary N) is 1. The van der Waals surface area contributed by atoms with E-state index in [1.54, 1.807) is 12.3 Å². The fraction of sp³-hybridized carbons (Fsp3) is 0.188. The maximum atomic E-state index is 11.8. The van der Waals surface area contributed by atoms with Crippen molar-refractivity contribution in [3.05, 3.63) is 48.8 Å². The van der Waals surface area contributed by atoms with E-state index in [0.29, 0.717) is 5.69 Å². The van der Waals surface area contributed by atoms with Crippen molar-refractivity contribution in [3.63, 3.8) is 0 Å². The van der Waals surface area contributed by atoms with Gasteiger partial charge in [0.25, 0.3) is 0 Å². The lowest BCUT2D eigenvalue weighted by atomic mass is 10.2. The lowest BCUT2D eigenvalue weighted by Gasteiger charge is -2.09. The summed E-state index contributed by atoms with van der Waals surface area (Å²) in [6.07, 6.45) is 3.14. The van der Waals surface area contributed by atoms with Gasteiger partial charge in [0.05, 0.1) is 29.9 Å². The van der Waals surface area contributed by atoms with Crippen LogP contribution in [0, 0.1) is 0 Å².